The van der Waals surface area contributed by atoms with Gasteiger partial charge in [-0.1, -0.05) is 24.3 Å². The third-order valence-corrected chi connectivity index (χ3v) is 2.85. The van der Waals surface area contributed by atoms with Crippen LogP contribution in [0.3, 0.4) is 0 Å². The third kappa shape index (κ3) is 1.55. The van der Waals surface area contributed by atoms with Crippen LogP contribution in [0.2, 0.25) is 0 Å². The van der Waals surface area contributed by atoms with Crippen molar-refractivity contribution in [2.75, 3.05) is 5.73 Å². The molecule has 0 atom stereocenters. The molecule has 0 aliphatic rings. The van der Waals surface area contributed by atoms with Gasteiger partial charge in [0.25, 0.3) is 5.56 Å². The summed E-state index contributed by atoms with van der Waals surface area (Å²) in [5.41, 5.74) is 7.55. The van der Waals surface area contributed by atoms with Crippen molar-refractivity contribution in [1.29, 1.82) is 0 Å². The zero-order valence-electron chi connectivity index (χ0n) is 9.58. The Bertz CT molecular complexity index is 763. The van der Waals surface area contributed by atoms with Gasteiger partial charge in [-0.05, 0) is 24.3 Å². The number of para-hydroxylation sites is 1. The Labute approximate surface area is 103 Å². The van der Waals surface area contributed by atoms with E-state index in [1.54, 1.807) is 18.2 Å². The van der Waals surface area contributed by atoms with Crippen LogP contribution < -0.4 is 11.3 Å². The molecular formula is C14H11N3O. The summed E-state index contributed by atoms with van der Waals surface area (Å²) >= 11 is 0. The minimum atomic E-state index is -0.149. The first-order valence-electron chi connectivity index (χ1n) is 5.58. The van der Waals surface area contributed by atoms with Gasteiger partial charge in [0.2, 0.25) is 0 Å². The summed E-state index contributed by atoms with van der Waals surface area (Å²) in [5, 5.41) is 0.462. The Morgan fingerprint density at radius 1 is 1.00 bits per heavy atom. The first kappa shape index (κ1) is 10.5. The molecular weight excluding hydrogens is 226 g/mol. The van der Waals surface area contributed by atoms with Gasteiger partial charge in [-0.3, -0.25) is 9.36 Å². The van der Waals surface area contributed by atoms with E-state index in [9.17, 15) is 4.79 Å². The zero-order chi connectivity index (χ0) is 12.5. The van der Waals surface area contributed by atoms with Gasteiger partial charge in [-0.25, -0.2) is 4.98 Å². The fourth-order valence-electron chi connectivity index (χ4n) is 1.96. The summed E-state index contributed by atoms with van der Waals surface area (Å²) < 4.78 is 1.50. The maximum Gasteiger partial charge on any atom is 0.267 e. The highest BCUT2D eigenvalue weighted by molar-refractivity contribution is 5.89. The molecule has 88 valence electrons. The van der Waals surface area contributed by atoms with E-state index < -0.39 is 0 Å². The molecule has 0 saturated heterocycles. The van der Waals surface area contributed by atoms with Crippen molar-refractivity contribution in [3.63, 3.8) is 0 Å². The van der Waals surface area contributed by atoms with Gasteiger partial charge in [-0.15, -0.1) is 0 Å². The van der Waals surface area contributed by atoms with E-state index in [0.717, 1.165) is 5.69 Å². The Hall–Kier alpha value is -2.62. The van der Waals surface area contributed by atoms with E-state index in [4.69, 9.17) is 5.73 Å². The van der Waals surface area contributed by atoms with Gasteiger partial charge < -0.3 is 5.73 Å². The van der Waals surface area contributed by atoms with Crippen LogP contribution in [0.1, 0.15) is 0 Å². The van der Waals surface area contributed by atoms with E-state index >= 15 is 0 Å². The molecule has 0 saturated carbocycles. The van der Waals surface area contributed by atoms with Gasteiger partial charge in [0.05, 0.1) is 16.6 Å². The number of nitrogen functional groups attached to an aromatic ring is 1. The van der Waals surface area contributed by atoms with Gasteiger partial charge in [0.1, 0.15) is 6.33 Å². The molecule has 0 radical (unpaired) electrons. The monoisotopic (exact) mass is 237 g/mol. The summed E-state index contributed by atoms with van der Waals surface area (Å²) in [6, 6.07) is 14.6. The number of rotatable bonds is 1. The van der Waals surface area contributed by atoms with Gasteiger partial charge in [0, 0.05) is 5.69 Å². The molecule has 0 aliphatic heterocycles. The molecule has 0 amide bonds. The molecule has 18 heavy (non-hydrogen) atoms. The third-order valence-electron chi connectivity index (χ3n) is 2.85. The second-order valence-electron chi connectivity index (χ2n) is 4.00. The molecule has 2 N–H and O–H groups in total. The lowest BCUT2D eigenvalue weighted by atomic mass is 10.2. The number of hydrogen-bond donors (Lipinski definition) is 1. The Morgan fingerprint density at radius 3 is 2.56 bits per heavy atom. The molecule has 4 nitrogen and oxygen atoms in total. The SMILES string of the molecule is Nc1cccc2ncn(-c3ccccc3)c(=O)c12. The molecule has 0 unspecified atom stereocenters. The highest BCUT2D eigenvalue weighted by Gasteiger charge is 2.07. The van der Waals surface area contributed by atoms with Crippen molar-refractivity contribution in [3.05, 3.63) is 65.2 Å². The molecule has 2 aromatic carbocycles. The Kier molecular flexibility index (Phi) is 2.34. The van der Waals surface area contributed by atoms with Gasteiger partial charge in [0.15, 0.2) is 0 Å². The first-order chi connectivity index (χ1) is 8.77. The topological polar surface area (TPSA) is 60.9 Å². The van der Waals surface area contributed by atoms with Crippen LogP contribution in [0.15, 0.2) is 59.7 Å². The van der Waals surface area contributed by atoms with Crippen molar-refractivity contribution < 1.29 is 0 Å². The molecule has 0 aliphatic carbocycles. The van der Waals surface area contributed by atoms with Crippen LogP contribution in [0.4, 0.5) is 5.69 Å². The molecule has 0 spiro atoms. The lowest BCUT2D eigenvalue weighted by molar-refractivity contribution is 0.963. The van der Waals surface area contributed by atoms with Crippen LogP contribution in [0.5, 0.6) is 0 Å². The average Bonchev–Trinajstić information content (AvgIpc) is 2.40. The van der Waals surface area contributed by atoms with E-state index in [-0.39, 0.29) is 5.56 Å². The van der Waals surface area contributed by atoms with Crippen molar-refractivity contribution in [1.82, 2.24) is 9.55 Å². The van der Waals surface area contributed by atoms with Crippen molar-refractivity contribution in [3.8, 4) is 5.69 Å². The van der Waals surface area contributed by atoms with Gasteiger partial charge >= 0.3 is 0 Å². The van der Waals surface area contributed by atoms with Crippen LogP contribution >= 0.6 is 0 Å². The number of fused-ring (bicyclic) bond motifs is 1. The molecule has 4 heteroatoms. The maximum absolute atomic E-state index is 12.4. The molecule has 1 aromatic heterocycles. The zero-order valence-corrected chi connectivity index (χ0v) is 9.58. The fourth-order valence-corrected chi connectivity index (χ4v) is 1.96. The lowest BCUT2D eigenvalue weighted by Crippen LogP contribution is -2.19. The summed E-state index contributed by atoms with van der Waals surface area (Å²) in [6.07, 6.45) is 1.53. The van der Waals surface area contributed by atoms with Crippen LogP contribution in [-0.2, 0) is 0 Å². The van der Waals surface area contributed by atoms with Gasteiger partial charge in [-0.2, -0.15) is 0 Å². The summed E-state index contributed by atoms with van der Waals surface area (Å²) in [4.78, 5) is 16.7. The maximum atomic E-state index is 12.4. The van der Waals surface area contributed by atoms with E-state index in [0.29, 0.717) is 16.6 Å². The first-order valence-corrected chi connectivity index (χ1v) is 5.58. The molecule has 3 rings (SSSR count). The molecule has 1 heterocycles. The fraction of sp³-hybridized carbons (Fsp3) is 0. The van der Waals surface area contributed by atoms with Crippen LogP contribution in [0.25, 0.3) is 16.6 Å². The largest absolute Gasteiger partial charge is 0.398 e. The highest BCUT2D eigenvalue weighted by Crippen LogP contribution is 2.15. The minimum absolute atomic E-state index is 0.149. The van der Waals surface area contributed by atoms with Crippen molar-refractivity contribution in [2.24, 2.45) is 0 Å². The van der Waals surface area contributed by atoms with Crippen molar-refractivity contribution in [2.45, 2.75) is 0 Å². The smallest absolute Gasteiger partial charge is 0.267 e. The quantitative estimate of drug-likeness (QED) is 0.658. The van der Waals surface area contributed by atoms with E-state index in [2.05, 4.69) is 4.98 Å². The summed E-state index contributed by atoms with van der Waals surface area (Å²) in [7, 11) is 0. The number of nitrogens with two attached hydrogens (primary N) is 1. The summed E-state index contributed by atoms with van der Waals surface area (Å²) in [5.74, 6) is 0. The lowest BCUT2D eigenvalue weighted by Gasteiger charge is -2.07. The molecule has 0 bridgehead atoms. The van der Waals surface area contributed by atoms with Crippen molar-refractivity contribution >= 4 is 16.6 Å². The predicted molar refractivity (Wildman–Crippen MR) is 71.8 cm³/mol. The number of aromatic nitrogens is 2. The second-order valence-corrected chi connectivity index (χ2v) is 4.00. The molecule has 0 fully saturated rings. The van der Waals surface area contributed by atoms with Crippen LogP contribution in [0, 0.1) is 0 Å². The second kappa shape index (κ2) is 4.00. The van der Waals surface area contributed by atoms with E-state index in [1.807, 2.05) is 30.3 Å². The Morgan fingerprint density at radius 2 is 1.78 bits per heavy atom. The van der Waals surface area contributed by atoms with E-state index in [1.165, 1.54) is 10.9 Å². The number of nitrogens with zero attached hydrogens (tertiary/aromatic N) is 2. The normalized spacial score (nSPS) is 10.7. The number of hydrogen-bond acceptors (Lipinski definition) is 3. The molecule has 3 aromatic rings. The number of benzene rings is 2. The highest BCUT2D eigenvalue weighted by atomic mass is 16.1. The predicted octanol–water partition coefficient (Wildman–Crippen LogP) is 1.97. The summed E-state index contributed by atoms with van der Waals surface area (Å²) in [6.45, 7) is 0. The average molecular weight is 237 g/mol. The minimum Gasteiger partial charge on any atom is -0.398 e. The Balaban J connectivity index is 2.37. The van der Waals surface area contributed by atoms with Crippen LogP contribution in [-0.4, -0.2) is 9.55 Å². The standard InChI is InChI=1S/C14H11N3O/c15-11-7-4-8-12-13(11)14(18)17(9-16-12)10-5-2-1-3-6-10/h1-9H,15H2. The number of anilines is 1.